The third-order valence-electron chi connectivity index (χ3n) is 1.88. The maximum atomic E-state index is 11.4. The Morgan fingerprint density at radius 1 is 1.07 bits per heavy atom. The first-order chi connectivity index (χ1) is 7.22. The van der Waals surface area contributed by atoms with Crippen molar-refractivity contribution in [3.63, 3.8) is 0 Å². The summed E-state index contributed by atoms with van der Waals surface area (Å²) >= 11 is 0. The largest absolute Gasteiger partial charge is 0.497 e. The molecule has 1 heterocycles. The van der Waals surface area contributed by atoms with Crippen LogP contribution in [0.1, 0.15) is 0 Å². The lowest BCUT2D eigenvalue weighted by Crippen LogP contribution is -2.21. The number of hydrogen-bond acceptors (Lipinski definition) is 5. The van der Waals surface area contributed by atoms with E-state index in [9.17, 15) is 9.59 Å². The van der Waals surface area contributed by atoms with Crippen molar-refractivity contribution in [3.8, 4) is 11.4 Å². The summed E-state index contributed by atoms with van der Waals surface area (Å²) in [4.78, 5) is 22.2. The van der Waals surface area contributed by atoms with E-state index >= 15 is 0 Å². The van der Waals surface area contributed by atoms with Crippen LogP contribution < -0.4 is 14.5 Å². The molecule has 0 spiro atoms. The fraction of sp³-hybridized carbons (Fsp3) is 0.111. The van der Waals surface area contributed by atoms with E-state index < -0.39 is 0 Å². The van der Waals surface area contributed by atoms with Crippen molar-refractivity contribution in [1.29, 1.82) is 0 Å². The molecule has 0 N–H and O–H groups in total. The maximum Gasteiger partial charge on any atom is 0.325 e. The summed E-state index contributed by atoms with van der Waals surface area (Å²) in [6, 6.07) is 6.79. The molecule has 0 bridgehead atoms. The van der Waals surface area contributed by atoms with Gasteiger partial charge in [0.2, 0.25) is 0 Å². The Kier molecular flexibility index (Phi) is 2.70. The molecular formula is C9H7NO3S2. The van der Waals surface area contributed by atoms with Crippen LogP contribution in [0, 0.1) is 0 Å². The highest BCUT2D eigenvalue weighted by atomic mass is 32.9. The van der Waals surface area contributed by atoms with E-state index in [1.807, 2.05) is 0 Å². The van der Waals surface area contributed by atoms with Gasteiger partial charge in [-0.3, -0.25) is 9.59 Å². The Morgan fingerprint density at radius 3 is 2.07 bits per heavy atom. The van der Waals surface area contributed by atoms with Gasteiger partial charge in [0.25, 0.3) is 0 Å². The number of rotatable bonds is 2. The predicted molar refractivity (Wildman–Crippen MR) is 60.6 cm³/mol. The number of ether oxygens (including phenoxy) is 1. The molecule has 1 aromatic heterocycles. The van der Waals surface area contributed by atoms with Gasteiger partial charge in [-0.25, -0.2) is 4.57 Å². The zero-order valence-electron chi connectivity index (χ0n) is 7.80. The summed E-state index contributed by atoms with van der Waals surface area (Å²) < 4.78 is 6.13. The number of benzene rings is 1. The Morgan fingerprint density at radius 2 is 1.60 bits per heavy atom. The number of methoxy groups -OCH3 is 1. The van der Waals surface area contributed by atoms with Gasteiger partial charge in [0.1, 0.15) is 5.75 Å². The Balaban J connectivity index is 2.55. The second-order valence-electron chi connectivity index (χ2n) is 2.73. The highest BCUT2D eigenvalue weighted by Crippen LogP contribution is 2.13. The third-order valence-corrected chi connectivity index (χ3v) is 3.72. The first kappa shape index (κ1) is 10.1. The number of hydrogen-bond donors (Lipinski definition) is 0. The van der Waals surface area contributed by atoms with E-state index in [2.05, 4.69) is 0 Å². The number of aromatic nitrogens is 1. The lowest BCUT2D eigenvalue weighted by atomic mass is 10.3. The fourth-order valence-electron chi connectivity index (χ4n) is 1.16. The zero-order valence-corrected chi connectivity index (χ0v) is 9.43. The molecule has 0 unspecified atom stereocenters. The summed E-state index contributed by atoms with van der Waals surface area (Å²) in [6.07, 6.45) is 0. The quantitative estimate of drug-likeness (QED) is 0.745. The van der Waals surface area contributed by atoms with Crippen molar-refractivity contribution in [1.82, 2.24) is 4.57 Å². The molecule has 0 saturated heterocycles. The molecule has 0 aliphatic carbocycles. The van der Waals surface area contributed by atoms with Crippen LogP contribution in [0.25, 0.3) is 5.69 Å². The van der Waals surface area contributed by atoms with Crippen LogP contribution >= 0.6 is 20.7 Å². The van der Waals surface area contributed by atoms with Crippen LogP contribution in [0.3, 0.4) is 0 Å². The molecule has 6 heteroatoms. The molecule has 0 radical (unpaired) electrons. The average Bonchev–Trinajstić information content (AvgIpc) is 2.59. The summed E-state index contributed by atoms with van der Waals surface area (Å²) in [5, 5.41) is 0. The van der Waals surface area contributed by atoms with Gasteiger partial charge in [-0.2, -0.15) is 0 Å². The van der Waals surface area contributed by atoms with E-state index in [4.69, 9.17) is 4.74 Å². The fourth-order valence-corrected chi connectivity index (χ4v) is 2.76. The molecule has 4 nitrogen and oxygen atoms in total. The molecule has 78 valence electrons. The first-order valence-electron chi connectivity index (χ1n) is 4.09. The highest BCUT2D eigenvalue weighted by molar-refractivity contribution is 7.67. The Hall–Kier alpha value is -1.40. The van der Waals surface area contributed by atoms with Gasteiger partial charge >= 0.3 is 9.75 Å². The van der Waals surface area contributed by atoms with Crippen molar-refractivity contribution in [2.45, 2.75) is 0 Å². The smallest absolute Gasteiger partial charge is 0.325 e. The molecule has 0 fully saturated rings. The van der Waals surface area contributed by atoms with Crippen molar-refractivity contribution in [2.75, 3.05) is 7.11 Å². The molecule has 2 aromatic rings. The highest BCUT2D eigenvalue weighted by Gasteiger charge is 2.06. The van der Waals surface area contributed by atoms with E-state index in [1.54, 1.807) is 31.4 Å². The first-order valence-corrected chi connectivity index (χ1v) is 6.24. The molecule has 0 atom stereocenters. The van der Waals surface area contributed by atoms with Crippen molar-refractivity contribution in [2.24, 2.45) is 0 Å². The third kappa shape index (κ3) is 1.86. The molecule has 2 rings (SSSR count). The second kappa shape index (κ2) is 4.00. The van der Waals surface area contributed by atoms with Crippen molar-refractivity contribution in [3.05, 3.63) is 43.6 Å². The van der Waals surface area contributed by atoms with E-state index in [1.165, 1.54) is 0 Å². The Labute approximate surface area is 92.4 Å². The molecule has 0 amide bonds. The zero-order chi connectivity index (χ0) is 10.8. The maximum absolute atomic E-state index is 11.4. The predicted octanol–water partition coefficient (Wildman–Crippen LogP) is 1.33. The summed E-state index contributed by atoms with van der Waals surface area (Å²) in [7, 11) is 3.44. The lowest BCUT2D eigenvalue weighted by Gasteiger charge is -2.01. The van der Waals surface area contributed by atoms with Gasteiger partial charge in [0.15, 0.2) is 0 Å². The van der Waals surface area contributed by atoms with E-state index in [0.717, 1.165) is 25.2 Å². The lowest BCUT2D eigenvalue weighted by molar-refractivity contribution is 0.414. The van der Waals surface area contributed by atoms with E-state index in [-0.39, 0.29) is 9.75 Å². The van der Waals surface area contributed by atoms with Crippen molar-refractivity contribution >= 4 is 20.7 Å². The SMILES string of the molecule is COc1ccc(-n2c(=O)ssc2=O)cc1. The van der Waals surface area contributed by atoms with Gasteiger partial charge in [0, 0.05) is 0 Å². The summed E-state index contributed by atoms with van der Waals surface area (Å²) in [5.74, 6) is 0.693. The van der Waals surface area contributed by atoms with Crippen LogP contribution in [0.15, 0.2) is 33.9 Å². The van der Waals surface area contributed by atoms with Crippen LogP contribution in [0.2, 0.25) is 0 Å². The minimum atomic E-state index is -0.254. The number of nitrogens with zero attached hydrogens (tertiary/aromatic N) is 1. The van der Waals surface area contributed by atoms with Gasteiger partial charge in [-0.15, -0.1) is 0 Å². The van der Waals surface area contributed by atoms with Gasteiger partial charge in [-0.05, 0) is 44.9 Å². The molecule has 0 aliphatic heterocycles. The van der Waals surface area contributed by atoms with E-state index in [0.29, 0.717) is 11.4 Å². The molecular weight excluding hydrogens is 234 g/mol. The normalized spacial score (nSPS) is 10.2. The summed E-state index contributed by atoms with van der Waals surface area (Å²) in [6.45, 7) is 0. The van der Waals surface area contributed by atoms with Crippen LogP contribution in [-0.2, 0) is 0 Å². The van der Waals surface area contributed by atoms with Gasteiger partial charge in [0.05, 0.1) is 12.8 Å². The standard InChI is InChI=1S/C9H7NO3S2/c1-13-7-4-2-6(3-5-7)10-8(11)14-15-9(10)12/h2-5H,1H3. The molecule has 0 saturated carbocycles. The minimum Gasteiger partial charge on any atom is -0.497 e. The molecule has 15 heavy (non-hydrogen) atoms. The topological polar surface area (TPSA) is 48.3 Å². The Bertz CT molecular complexity index is 537. The van der Waals surface area contributed by atoms with Gasteiger partial charge < -0.3 is 4.74 Å². The summed E-state index contributed by atoms with van der Waals surface area (Å²) in [5.41, 5.74) is 0.573. The minimum absolute atomic E-state index is 0.254. The van der Waals surface area contributed by atoms with Crippen molar-refractivity contribution < 1.29 is 4.74 Å². The van der Waals surface area contributed by atoms with Crippen LogP contribution in [0.5, 0.6) is 5.75 Å². The monoisotopic (exact) mass is 241 g/mol. The molecule has 1 aromatic carbocycles. The van der Waals surface area contributed by atoms with Crippen LogP contribution in [-0.4, -0.2) is 11.7 Å². The van der Waals surface area contributed by atoms with Crippen LogP contribution in [0.4, 0.5) is 0 Å². The average molecular weight is 241 g/mol. The molecule has 0 aliphatic rings. The second-order valence-corrected chi connectivity index (χ2v) is 4.76. The van der Waals surface area contributed by atoms with Gasteiger partial charge in [-0.1, -0.05) is 0 Å².